The van der Waals surface area contributed by atoms with Gasteiger partial charge in [0.25, 0.3) is 0 Å². The Bertz CT molecular complexity index is 717. The third-order valence-electron chi connectivity index (χ3n) is 3.22. The van der Waals surface area contributed by atoms with Crippen LogP contribution in [0.5, 0.6) is 0 Å². The van der Waals surface area contributed by atoms with E-state index in [1.54, 1.807) is 22.7 Å². The number of nitrogens with one attached hydrogen (secondary N) is 1. The molecule has 0 aliphatic rings. The molecule has 2 aromatic heterocycles. The van der Waals surface area contributed by atoms with E-state index in [0.29, 0.717) is 0 Å². The third-order valence-corrected chi connectivity index (χ3v) is 5.68. The summed E-state index contributed by atoms with van der Waals surface area (Å²) in [5, 5.41) is 7.26. The maximum Gasteiger partial charge on any atom is 0.183 e. The van der Waals surface area contributed by atoms with Gasteiger partial charge in [0.2, 0.25) is 0 Å². The van der Waals surface area contributed by atoms with Crippen molar-refractivity contribution in [3.63, 3.8) is 0 Å². The Labute approximate surface area is 131 Å². The van der Waals surface area contributed by atoms with Crippen LogP contribution in [0.2, 0.25) is 5.02 Å². The van der Waals surface area contributed by atoms with Gasteiger partial charge < -0.3 is 5.32 Å². The van der Waals surface area contributed by atoms with E-state index < -0.39 is 0 Å². The second-order valence-electron chi connectivity index (χ2n) is 5.35. The minimum absolute atomic E-state index is 0.101. The first-order valence-corrected chi connectivity index (χ1v) is 8.46. The molecule has 3 aromatic rings. The van der Waals surface area contributed by atoms with Gasteiger partial charge in [-0.15, -0.1) is 11.3 Å². The number of rotatable bonds is 4. The van der Waals surface area contributed by atoms with Gasteiger partial charge in [-0.3, -0.25) is 0 Å². The molecule has 0 aliphatic carbocycles. The van der Waals surface area contributed by atoms with Crippen LogP contribution in [0.3, 0.4) is 0 Å². The largest absolute Gasteiger partial charge is 0.361 e. The minimum Gasteiger partial charge on any atom is -0.361 e. The van der Waals surface area contributed by atoms with E-state index in [2.05, 4.69) is 41.7 Å². The van der Waals surface area contributed by atoms with Gasteiger partial charge in [-0.05, 0) is 29.6 Å². The molecule has 0 saturated heterocycles. The van der Waals surface area contributed by atoms with Crippen molar-refractivity contribution in [1.29, 1.82) is 0 Å². The average Bonchev–Trinajstić information content (AvgIpc) is 3.05. The van der Waals surface area contributed by atoms with Crippen LogP contribution in [0, 0.1) is 0 Å². The van der Waals surface area contributed by atoms with E-state index in [9.17, 15) is 0 Å². The molecule has 0 atom stereocenters. The maximum atomic E-state index is 5.99. The Hall–Kier alpha value is -1.10. The monoisotopic (exact) mass is 322 g/mol. The second-order valence-corrected chi connectivity index (χ2v) is 7.76. The van der Waals surface area contributed by atoms with Gasteiger partial charge in [-0.25, -0.2) is 4.98 Å². The lowest BCUT2D eigenvalue weighted by atomic mass is 9.91. The van der Waals surface area contributed by atoms with Gasteiger partial charge in [-0.2, -0.15) is 0 Å². The molecule has 0 bridgehead atoms. The fourth-order valence-electron chi connectivity index (χ4n) is 2.02. The summed E-state index contributed by atoms with van der Waals surface area (Å²) in [5.74, 6) is 0. The van der Waals surface area contributed by atoms with Crippen molar-refractivity contribution in [2.45, 2.75) is 19.3 Å². The van der Waals surface area contributed by atoms with E-state index in [1.165, 1.54) is 4.88 Å². The summed E-state index contributed by atoms with van der Waals surface area (Å²) in [4.78, 5) is 5.97. The average molecular weight is 323 g/mol. The molecule has 0 amide bonds. The molecule has 0 radical (unpaired) electrons. The van der Waals surface area contributed by atoms with E-state index in [-0.39, 0.29) is 5.41 Å². The number of aromatic nitrogens is 1. The highest BCUT2D eigenvalue weighted by atomic mass is 35.5. The molecule has 2 heterocycles. The predicted octanol–water partition coefficient (Wildman–Crippen LogP) is 5.40. The fraction of sp³-hybridized carbons (Fsp3) is 0.267. The number of benzene rings is 1. The summed E-state index contributed by atoms with van der Waals surface area (Å²) in [6.07, 6.45) is 0. The molecule has 20 heavy (non-hydrogen) atoms. The van der Waals surface area contributed by atoms with Crippen LogP contribution in [0.4, 0.5) is 5.13 Å². The van der Waals surface area contributed by atoms with Crippen LogP contribution < -0.4 is 5.32 Å². The number of thiazole rings is 1. The SMILES string of the molecule is CC(C)(CNc1nc2cc(Cl)ccc2s1)c1cccs1. The van der Waals surface area contributed by atoms with Crippen LogP contribution in [-0.4, -0.2) is 11.5 Å². The van der Waals surface area contributed by atoms with Gasteiger partial charge in [0, 0.05) is 21.9 Å². The van der Waals surface area contributed by atoms with Crippen molar-refractivity contribution in [1.82, 2.24) is 4.98 Å². The zero-order valence-corrected chi connectivity index (χ0v) is 13.7. The number of halogens is 1. The normalized spacial score (nSPS) is 11.9. The highest BCUT2D eigenvalue weighted by Gasteiger charge is 2.21. The van der Waals surface area contributed by atoms with Crippen LogP contribution in [-0.2, 0) is 5.41 Å². The zero-order chi connectivity index (χ0) is 14.2. The van der Waals surface area contributed by atoms with Crippen molar-refractivity contribution in [2.24, 2.45) is 0 Å². The Morgan fingerprint density at radius 2 is 2.15 bits per heavy atom. The fourth-order valence-corrected chi connectivity index (χ4v) is 3.88. The zero-order valence-electron chi connectivity index (χ0n) is 11.3. The summed E-state index contributed by atoms with van der Waals surface area (Å²) in [6.45, 7) is 5.35. The number of thiophene rings is 1. The first-order valence-electron chi connectivity index (χ1n) is 6.38. The van der Waals surface area contributed by atoms with E-state index >= 15 is 0 Å². The van der Waals surface area contributed by atoms with Crippen molar-refractivity contribution in [2.75, 3.05) is 11.9 Å². The molecule has 1 aromatic carbocycles. The van der Waals surface area contributed by atoms with Crippen LogP contribution in [0.15, 0.2) is 35.7 Å². The van der Waals surface area contributed by atoms with Crippen LogP contribution in [0.25, 0.3) is 10.2 Å². The predicted molar refractivity (Wildman–Crippen MR) is 90.5 cm³/mol. The summed E-state index contributed by atoms with van der Waals surface area (Å²) < 4.78 is 1.16. The highest BCUT2D eigenvalue weighted by Crippen LogP contribution is 2.31. The molecule has 0 aliphatic heterocycles. The summed E-state index contributed by atoms with van der Waals surface area (Å²) >= 11 is 9.45. The molecular weight excluding hydrogens is 308 g/mol. The number of hydrogen-bond acceptors (Lipinski definition) is 4. The Kier molecular flexibility index (Phi) is 3.71. The minimum atomic E-state index is 0.101. The van der Waals surface area contributed by atoms with Crippen LogP contribution in [0.1, 0.15) is 18.7 Å². The smallest absolute Gasteiger partial charge is 0.183 e. The molecule has 104 valence electrons. The quantitative estimate of drug-likeness (QED) is 0.695. The number of hydrogen-bond donors (Lipinski definition) is 1. The van der Waals surface area contributed by atoms with Gasteiger partial charge >= 0.3 is 0 Å². The Morgan fingerprint density at radius 1 is 1.30 bits per heavy atom. The van der Waals surface area contributed by atoms with Crippen molar-refractivity contribution in [3.8, 4) is 0 Å². The van der Waals surface area contributed by atoms with E-state index in [4.69, 9.17) is 11.6 Å². The second kappa shape index (κ2) is 5.35. The standard InChI is InChI=1S/C15H15ClN2S2/c1-15(2,13-4-3-7-19-13)9-17-14-18-11-8-10(16)5-6-12(11)20-14/h3-8H,9H2,1-2H3,(H,17,18). The Balaban J connectivity index is 1.77. The molecule has 0 saturated carbocycles. The lowest BCUT2D eigenvalue weighted by Gasteiger charge is -2.23. The van der Waals surface area contributed by atoms with Crippen molar-refractivity contribution >= 4 is 49.6 Å². The summed E-state index contributed by atoms with van der Waals surface area (Å²) in [5.41, 5.74) is 1.06. The van der Waals surface area contributed by atoms with Gasteiger partial charge in [0.1, 0.15) is 0 Å². The van der Waals surface area contributed by atoms with Crippen molar-refractivity contribution < 1.29 is 0 Å². The van der Waals surface area contributed by atoms with E-state index in [0.717, 1.165) is 26.9 Å². The summed E-state index contributed by atoms with van der Waals surface area (Å²) in [7, 11) is 0. The van der Waals surface area contributed by atoms with E-state index in [1.807, 2.05) is 18.2 Å². The summed E-state index contributed by atoms with van der Waals surface area (Å²) in [6, 6.07) is 10.1. The first kappa shape index (κ1) is 13.9. The lowest BCUT2D eigenvalue weighted by Crippen LogP contribution is -2.26. The van der Waals surface area contributed by atoms with Crippen molar-refractivity contribution in [3.05, 3.63) is 45.6 Å². The molecule has 0 unspecified atom stereocenters. The van der Waals surface area contributed by atoms with Gasteiger partial charge in [0.05, 0.1) is 10.2 Å². The highest BCUT2D eigenvalue weighted by molar-refractivity contribution is 7.22. The molecule has 5 heteroatoms. The number of nitrogens with zero attached hydrogens (tertiary/aromatic N) is 1. The molecule has 0 spiro atoms. The lowest BCUT2D eigenvalue weighted by molar-refractivity contribution is 0.569. The third kappa shape index (κ3) is 2.82. The Morgan fingerprint density at radius 3 is 2.90 bits per heavy atom. The molecular formula is C15H15ClN2S2. The molecule has 3 rings (SSSR count). The topological polar surface area (TPSA) is 24.9 Å². The number of anilines is 1. The first-order chi connectivity index (χ1) is 9.54. The van der Waals surface area contributed by atoms with Gasteiger partial charge in [-0.1, -0.05) is 42.9 Å². The van der Waals surface area contributed by atoms with Crippen LogP contribution >= 0.6 is 34.3 Å². The molecule has 1 N–H and O–H groups in total. The molecule has 0 fully saturated rings. The maximum absolute atomic E-state index is 5.99. The number of fused-ring (bicyclic) bond motifs is 1. The molecule has 2 nitrogen and oxygen atoms in total. The van der Waals surface area contributed by atoms with Gasteiger partial charge in [0.15, 0.2) is 5.13 Å².